The van der Waals surface area contributed by atoms with Crippen LogP contribution in [0.4, 0.5) is 0 Å². The average molecular weight is 269 g/mol. The lowest BCUT2D eigenvalue weighted by Gasteiger charge is -2.26. The standard InChI is InChI=1S/C19H27N/c1(6-14-20-15-7-2-8-16-20)3-9-17-12-13-18-10-4-5-11-19(17)18/h4-5,9-11H,1-3,6-8,12-16H2. The van der Waals surface area contributed by atoms with Crippen molar-refractivity contribution in [3.05, 3.63) is 41.5 Å². The summed E-state index contributed by atoms with van der Waals surface area (Å²) in [6.45, 7) is 4.00. The third-order valence-corrected chi connectivity index (χ3v) is 4.79. The van der Waals surface area contributed by atoms with Gasteiger partial charge in [0, 0.05) is 0 Å². The van der Waals surface area contributed by atoms with Gasteiger partial charge in [-0.05, 0) is 81.3 Å². The molecule has 1 aromatic rings. The van der Waals surface area contributed by atoms with Gasteiger partial charge in [-0.1, -0.05) is 36.8 Å². The number of likely N-dealkylation sites (tertiary alicyclic amines) is 1. The van der Waals surface area contributed by atoms with Crippen LogP contribution in [0, 0.1) is 0 Å². The number of nitrogens with zero attached hydrogens (tertiary/aromatic N) is 1. The monoisotopic (exact) mass is 269 g/mol. The molecule has 1 nitrogen and oxygen atoms in total. The molecule has 1 aliphatic carbocycles. The van der Waals surface area contributed by atoms with Gasteiger partial charge in [0.15, 0.2) is 0 Å². The fraction of sp³-hybridized carbons (Fsp3) is 0.579. The van der Waals surface area contributed by atoms with Gasteiger partial charge in [-0.2, -0.15) is 0 Å². The van der Waals surface area contributed by atoms with Crippen molar-refractivity contribution in [2.45, 2.75) is 51.4 Å². The second kappa shape index (κ2) is 7.08. The number of hydrogen-bond donors (Lipinski definition) is 0. The van der Waals surface area contributed by atoms with Gasteiger partial charge in [0.25, 0.3) is 0 Å². The van der Waals surface area contributed by atoms with Crippen LogP contribution in [0.1, 0.15) is 56.1 Å². The highest BCUT2D eigenvalue weighted by atomic mass is 15.1. The fourth-order valence-corrected chi connectivity index (χ4v) is 3.61. The molecule has 0 bridgehead atoms. The van der Waals surface area contributed by atoms with Gasteiger partial charge >= 0.3 is 0 Å². The quantitative estimate of drug-likeness (QED) is 0.702. The minimum absolute atomic E-state index is 1.25. The van der Waals surface area contributed by atoms with Crippen LogP contribution in [0.15, 0.2) is 30.3 Å². The normalized spacial score (nSPS) is 21.3. The first-order valence-corrected chi connectivity index (χ1v) is 8.43. The zero-order chi connectivity index (χ0) is 13.6. The maximum atomic E-state index is 2.65. The van der Waals surface area contributed by atoms with Crippen molar-refractivity contribution >= 4 is 5.57 Å². The Morgan fingerprint density at radius 2 is 1.80 bits per heavy atom. The molecule has 0 saturated carbocycles. The third kappa shape index (κ3) is 3.52. The van der Waals surface area contributed by atoms with E-state index >= 15 is 0 Å². The Labute approximate surface area is 123 Å². The number of rotatable bonds is 5. The van der Waals surface area contributed by atoms with Gasteiger partial charge in [-0.3, -0.25) is 0 Å². The number of aryl methyl sites for hydroxylation is 1. The Hall–Kier alpha value is -1.08. The molecule has 0 N–H and O–H groups in total. The number of hydrogen-bond acceptors (Lipinski definition) is 1. The summed E-state index contributed by atoms with van der Waals surface area (Å²) in [6, 6.07) is 8.92. The predicted molar refractivity (Wildman–Crippen MR) is 86.9 cm³/mol. The van der Waals surface area contributed by atoms with Crippen LogP contribution in [0.5, 0.6) is 0 Å². The molecule has 3 rings (SSSR count). The van der Waals surface area contributed by atoms with E-state index < -0.39 is 0 Å². The molecule has 0 amide bonds. The van der Waals surface area contributed by atoms with Crippen molar-refractivity contribution in [2.24, 2.45) is 0 Å². The van der Waals surface area contributed by atoms with E-state index in [1.807, 2.05) is 0 Å². The molecule has 0 spiro atoms. The van der Waals surface area contributed by atoms with Crippen molar-refractivity contribution in [2.75, 3.05) is 19.6 Å². The van der Waals surface area contributed by atoms with Crippen LogP contribution in [0.3, 0.4) is 0 Å². The second-order valence-electron chi connectivity index (χ2n) is 6.28. The van der Waals surface area contributed by atoms with Gasteiger partial charge < -0.3 is 4.90 Å². The summed E-state index contributed by atoms with van der Waals surface area (Å²) >= 11 is 0. The molecule has 0 radical (unpaired) electrons. The molecule has 1 aromatic carbocycles. The molecule has 1 fully saturated rings. The van der Waals surface area contributed by atoms with Gasteiger partial charge in [0.1, 0.15) is 0 Å². The van der Waals surface area contributed by atoms with Crippen LogP contribution >= 0.6 is 0 Å². The van der Waals surface area contributed by atoms with Crippen molar-refractivity contribution < 1.29 is 0 Å². The van der Waals surface area contributed by atoms with E-state index in [4.69, 9.17) is 0 Å². The molecule has 0 atom stereocenters. The minimum Gasteiger partial charge on any atom is -0.303 e. The van der Waals surface area contributed by atoms with Crippen molar-refractivity contribution in [3.8, 4) is 0 Å². The summed E-state index contributed by atoms with van der Waals surface area (Å²) in [6.07, 6.45) is 13.3. The molecule has 20 heavy (non-hydrogen) atoms. The number of benzene rings is 1. The molecular weight excluding hydrogens is 242 g/mol. The van der Waals surface area contributed by atoms with E-state index in [9.17, 15) is 0 Å². The molecule has 108 valence electrons. The van der Waals surface area contributed by atoms with Gasteiger partial charge in [-0.25, -0.2) is 0 Å². The number of fused-ring (bicyclic) bond motifs is 1. The predicted octanol–water partition coefficient (Wildman–Crippen LogP) is 4.67. The Morgan fingerprint density at radius 1 is 0.950 bits per heavy atom. The maximum absolute atomic E-state index is 2.65. The Bertz CT molecular complexity index is 455. The topological polar surface area (TPSA) is 3.24 Å². The van der Waals surface area contributed by atoms with Crippen molar-refractivity contribution in [1.29, 1.82) is 0 Å². The summed E-state index contributed by atoms with van der Waals surface area (Å²) in [5.41, 5.74) is 4.66. The number of unbranched alkanes of at least 4 members (excludes halogenated alkanes) is 2. The highest BCUT2D eigenvalue weighted by molar-refractivity contribution is 5.72. The summed E-state index contributed by atoms with van der Waals surface area (Å²) in [5.74, 6) is 0. The second-order valence-corrected chi connectivity index (χ2v) is 6.28. The lowest BCUT2D eigenvalue weighted by Crippen LogP contribution is -2.30. The maximum Gasteiger partial charge on any atom is -0.00186 e. The van der Waals surface area contributed by atoms with Gasteiger partial charge in [0.2, 0.25) is 0 Å². The molecule has 1 saturated heterocycles. The summed E-state index contributed by atoms with van der Waals surface area (Å²) < 4.78 is 0. The zero-order valence-electron chi connectivity index (χ0n) is 12.6. The highest BCUT2D eigenvalue weighted by Gasteiger charge is 2.14. The first kappa shape index (κ1) is 13.9. The van der Waals surface area contributed by atoms with Crippen LogP contribution in [0.2, 0.25) is 0 Å². The van der Waals surface area contributed by atoms with Crippen molar-refractivity contribution in [1.82, 2.24) is 4.90 Å². The Kier molecular flexibility index (Phi) is 4.91. The van der Waals surface area contributed by atoms with Gasteiger partial charge in [0.05, 0.1) is 0 Å². The molecule has 1 aliphatic heterocycles. The third-order valence-electron chi connectivity index (χ3n) is 4.79. The van der Waals surface area contributed by atoms with Crippen LogP contribution in [-0.4, -0.2) is 24.5 Å². The summed E-state index contributed by atoms with van der Waals surface area (Å²) in [4.78, 5) is 2.65. The smallest absolute Gasteiger partial charge is 0.00186 e. The first-order chi connectivity index (χ1) is 9.93. The largest absolute Gasteiger partial charge is 0.303 e. The number of piperidine rings is 1. The average Bonchev–Trinajstić information content (AvgIpc) is 2.91. The highest BCUT2D eigenvalue weighted by Crippen LogP contribution is 2.32. The van der Waals surface area contributed by atoms with Crippen molar-refractivity contribution in [3.63, 3.8) is 0 Å². The van der Waals surface area contributed by atoms with E-state index in [1.165, 1.54) is 76.6 Å². The molecule has 2 aliphatic rings. The summed E-state index contributed by atoms with van der Waals surface area (Å²) in [5, 5.41) is 0. The van der Waals surface area contributed by atoms with E-state index in [0.29, 0.717) is 0 Å². The van der Waals surface area contributed by atoms with Crippen LogP contribution < -0.4 is 0 Å². The number of allylic oxidation sites excluding steroid dienone is 2. The van der Waals surface area contributed by atoms with E-state index in [2.05, 4.69) is 35.2 Å². The molecular formula is C19H27N. The summed E-state index contributed by atoms with van der Waals surface area (Å²) in [7, 11) is 0. The molecule has 0 unspecified atom stereocenters. The Balaban J connectivity index is 1.40. The molecule has 1 heteroatoms. The fourth-order valence-electron chi connectivity index (χ4n) is 3.61. The lowest BCUT2D eigenvalue weighted by atomic mass is 10.1. The Morgan fingerprint density at radius 3 is 2.70 bits per heavy atom. The first-order valence-electron chi connectivity index (χ1n) is 8.43. The van der Waals surface area contributed by atoms with Crippen LogP contribution in [-0.2, 0) is 6.42 Å². The minimum atomic E-state index is 1.25. The van der Waals surface area contributed by atoms with Crippen LogP contribution in [0.25, 0.3) is 5.57 Å². The lowest BCUT2D eigenvalue weighted by molar-refractivity contribution is 0.225. The van der Waals surface area contributed by atoms with E-state index in [-0.39, 0.29) is 0 Å². The van der Waals surface area contributed by atoms with E-state index in [0.717, 1.165) is 0 Å². The van der Waals surface area contributed by atoms with Gasteiger partial charge in [-0.15, -0.1) is 0 Å². The molecule has 1 heterocycles. The SMILES string of the molecule is C(CCCCN1CCCCC1)=C1CCc2ccccc21. The van der Waals surface area contributed by atoms with E-state index in [1.54, 1.807) is 11.1 Å². The molecule has 0 aromatic heterocycles. The zero-order valence-corrected chi connectivity index (χ0v) is 12.6.